The third-order valence-corrected chi connectivity index (χ3v) is 4.88. The number of carbonyl (C=O) groups is 1. The molecule has 1 aromatic rings. The van der Waals surface area contributed by atoms with Crippen molar-refractivity contribution in [2.24, 2.45) is 0 Å². The largest absolute Gasteiger partial charge is 0.472 e. The number of aromatic nitrogens is 1. The fourth-order valence-electron chi connectivity index (χ4n) is 3.43. The highest BCUT2D eigenvalue weighted by Crippen LogP contribution is 2.23. The molecule has 2 fully saturated rings. The monoisotopic (exact) mass is 337 g/mol. The fourth-order valence-corrected chi connectivity index (χ4v) is 3.43. The van der Waals surface area contributed by atoms with Crippen molar-refractivity contribution < 1.29 is 18.7 Å². The highest BCUT2D eigenvalue weighted by Gasteiger charge is 2.38. The number of piperidine rings is 1. The second-order valence-electron chi connectivity index (χ2n) is 6.48. The molecule has 24 heavy (non-hydrogen) atoms. The number of carbonyl (C=O) groups excluding carboxylic acids is 1. The minimum atomic E-state index is -0.450. The maximum atomic E-state index is 13.6. The minimum absolute atomic E-state index is 0.0424. The Kier molecular flexibility index (Phi) is 5.30. The molecule has 1 aromatic heterocycles. The van der Waals surface area contributed by atoms with E-state index in [4.69, 9.17) is 9.47 Å². The molecule has 1 amide bonds. The molecule has 2 saturated heterocycles. The van der Waals surface area contributed by atoms with Gasteiger partial charge in [-0.05, 0) is 25.6 Å². The topological polar surface area (TPSA) is 54.9 Å². The fraction of sp³-hybridized carbons (Fsp3) is 0.647. The highest BCUT2D eigenvalue weighted by atomic mass is 19.1. The van der Waals surface area contributed by atoms with Crippen LogP contribution in [0.5, 0.6) is 5.88 Å². The van der Waals surface area contributed by atoms with Crippen LogP contribution in [-0.2, 0) is 9.53 Å². The first kappa shape index (κ1) is 17.1. The molecule has 3 rings (SSSR count). The number of likely N-dealkylation sites (tertiary alicyclic amines) is 2. The van der Waals surface area contributed by atoms with Gasteiger partial charge in [-0.15, -0.1) is 0 Å². The zero-order chi connectivity index (χ0) is 17.1. The van der Waals surface area contributed by atoms with Crippen LogP contribution in [0, 0.1) is 5.82 Å². The van der Waals surface area contributed by atoms with E-state index in [0.29, 0.717) is 25.9 Å². The third-order valence-electron chi connectivity index (χ3n) is 4.88. The molecule has 6 nitrogen and oxygen atoms in total. The molecule has 0 spiro atoms. The number of hydrogen-bond donors (Lipinski definition) is 0. The highest BCUT2D eigenvalue weighted by molar-refractivity contribution is 5.82. The van der Waals surface area contributed by atoms with Gasteiger partial charge in [0.25, 0.3) is 5.88 Å². The number of likely N-dealkylation sites (N-methyl/N-ethyl adjacent to an activating group) is 1. The van der Waals surface area contributed by atoms with E-state index in [0.717, 1.165) is 13.0 Å². The molecule has 0 bridgehead atoms. The zero-order valence-corrected chi connectivity index (χ0v) is 14.2. The molecule has 7 heteroatoms. The van der Waals surface area contributed by atoms with Crippen LogP contribution in [0.4, 0.5) is 4.39 Å². The molecule has 0 aromatic carbocycles. The minimum Gasteiger partial charge on any atom is -0.472 e. The summed E-state index contributed by atoms with van der Waals surface area (Å²) in [5, 5.41) is 0. The van der Waals surface area contributed by atoms with Crippen LogP contribution in [0.2, 0.25) is 0 Å². The summed E-state index contributed by atoms with van der Waals surface area (Å²) in [5.74, 6) is -0.255. The molecule has 2 atom stereocenters. The number of rotatable bonds is 4. The quantitative estimate of drug-likeness (QED) is 0.829. The van der Waals surface area contributed by atoms with Crippen molar-refractivity contribution in [1.29, 1.82) is 0 Å². The summed E-state index contributed by atoms with van der Waals surface area (Å²) in [6.45, 7) is 2.03. The van der Waals surface area contributed by atoms with Crippen LogP contribution < -0.4 is 4.74 Å². The molecule has 2 aliphatic heterocycles. The van der Waals surface area contributed by atoms with Crippen molar-refractivity contribution in [2.75, 3.05) is 33.8 Å². The molecule has 3 heterocycles. The predicted octanol–water partition coefficient (Wildman–Crippen LogP) is 1.31. The maximum absolute atomic E-state index is 13.6. The average Bonchev–Trinajstić information content (AvgIpc) is 2.98. The van der Waals surface area contributed by atoms with Gasteiger partial charge in [0.15, 0.2) is 5.82 Å². The number of hydrogen-bond acceptors (Lipinski definition) is 5. The van der Waals surface area contributed by atoms with Crippen molar-refractivity contribution in [2.45, 2.75) is 37.5 Å². The molecule has 0 saturated carbocycles. The number of nitrogens with zero attached hydrogens (tertiary/aromatic N) is 3. The van der Waals surface area contributed by atoms with Crippen molar-refractivity contribution in [3.63, 3.8) is 0 Å². The summed E-state index contributed by atoms with van der Waals surface area (Å²) in [5.41, 5.74) is 0. The van der Waals surface area contributed by atoms with Gasteiger partial charge in [-0.2, -0.15) is 0 Å². The maximum Gasteiger partial charge on any atom is 0.250 e. The van der Waals surface area contributed by atoms with Crippen LogP contribution in [0.15, 0.2) is 18.3 Å². The van der Waals surface area contributed by atoms with Gasteiger partial charge in [0.05, 0.1) is 12.1 Å². The second-order valence-corrected chi connectivity index (χ2v) is 6.48. The van der Waals surface area contributed by atoms with Crippen molar-refractivity contribution in [3.05, 3.63) is 24.1 Å². The average molecular weight is 337 g/mol. The molecule has 2 aliphatic rings. The Morgan fingerprint density at radius 2 is 2.08 bits per heavy atom. The lowest BCUT2D eigenvalue weighted by atomic mass is 10.1. The van der Waals surface area contributed by atoms with Gasteiger partial charge in [-0.25, -0.2) is 9.37 Å². The van der Waals surface area contributed by atoms with E-state index in [9.17, 15) is 9.18 Å². The Morgan fingerprint density at radius 3 is 2.71 bits per heavy atom. The van der Waals surface area contributed by atoms with Crippen LogP contribution in [0.3, 0.4) is 0 Å². The summed E-state index contributed by atoms with van der Waals surface area (Å²) < 4.78 is 24.6. The first-order chi connectivity index (χ1) is 11.6. The molecule has 0 unspecified atom stereocenters. The van der Waals surface area contributed by atoms with Gasteiger partial charge in [0, 0.05) is 45.8 Å². The van der Waals surface area contributed by atoms with Crippen LogP contribution >= 0.6 is 0 Å². The van der Waals surface area contributed by atoms with Gasteiger partial charge < -0.3 is 14.4 Å². The Balaban J connectivity index is 1.52. The van der Waals surface area contributed by atoms with Crippen molar-refractivity contribution in [3.8, 4) is 5.88 Å². The lowest BCUT2D eigenvalue weighted by molar-refractivity contribution is -0.137. The Morgan fingerprint density at radius 1 is 1.33 bits per heavy atom. The first-order valence-electron chi connectivity index (χ1n) is 8.37. The number of amides is 1. The number of pyridine rings is 1. The van der Waals surface area contributed by atoms with Gasteiger partial charge >= 0.3 is 0 Å². The van der Waals surface area contributed by atoms with E-state index in [1.807, 2.05) is 11.9 Å². The Hall–Kier alpha value is -1.73. The summed E-state index contributed by atoms with van der Waals surface area (Å²) in [7, 11) is 3.65. The van der Waals surface area contributed by atoms with Gasteiger partial charge in [-0.3, -0.25) is 9.69 Å². The smallest absolute Gasteiger partial charge is 0.250 e. The Labute approximate surface area is 141 Å². The number of ether oxygens (including phenoxy) is 2. The van der Waals surface area contributed by atoms with E-state index in [-0.39, 0.29) is 30.0 Å². The van der Waals surface area contributed by atoms with Gasteiger partial charge in [0.1, 0.15) is 6.10 Å². The van der Waals surface area contributed by atoms with Crippen LogP contribution in [-0.4, -0.2) is 72.7 Å². The van der Waals surface area contributed by atoms with E-state index in [1.165, 1.54) is 18.3 Å². The molecule has 132 valence electrons. The van der Waals surface area contributed by atoms with E-state index >= 15 is 0 Å². The van der Waals surface area contributed by atoms with E-state index < -0.39 is 5.82 Å². The molecular formula is C17H24FN3O3. The molecule has 0 aliphatic carbocycles. The van der Waals surface area contributed by atoms with E-state index in [1.54, 1.807) is 7.11 Å². The summed E-state index contributed by atoms with van der Waals surface area (Å²) >= 11 is 0. The first-order valence-corrected chi connectivity index (χ1v) is 8.37. The van der Waals surface area contributed by atoms with Gasteiger partial charge in [0.2, 0.25) is 5.91 Å². The van der Waals surface area contributed by atoms with Crippen molar-refractivity contribution in [1.82, 2.24) is 14.8 Å². The third kappa shape index (κ3) is 3.67. The number of halogens is 1. The zero-order valence-electron chi connectivity index (χ0n) is 14.2. The number of methoxy groups -OCH3 is 1. The summed E-state index contributed by atoms with van der Waals surface area (Å²) in [6, 6.07) is 2.76. The standard InChI is InChI=1S/C17H24FN3O3/c1-20-11-13(23-2)10-15(20)17(22)21-8-5-12(6-9-21)24-16-14(18)4-3-7-19-16/h3-4,7,12-13,15H,5-6,8-11H2,1-2H3/t13-,15-/m0/s1. The van der Waals surface area contributed by atoms with Crippen molar-refractivity contribution >= 4 is 5.91 Å². The molecule has 0 N–H and O–H groups in total. The second kappa shape index (κ2) is 7.44. The predicted molar refractivity (Wildman–Crippen MR) is 86.3 cm³/mol. The summed E-state index contributed by atoms with van der Waals surface area (Å²) in [6.07, 6.45) is 3.64. The molecule has 0 radical (unpaired) electrons. The lowest BCUT2D eigenvalue weighted by Crippen LogP contribution is -2.48. The summed E-state index contributed by atoms with van der Waals surface area (Å²) in [4.78, 5) is 20.6. The van der Waals surface area contributed by atoms with Gasteiger partial charge in [-0.1, -0.05) is 0 Å². The Bertz CT molecular complexity index is 578. The van der Waals surface area contributed by atoms with Crippen LogP contribution in [0.25, 0.3) is 0 Å². The van der Waals surface area contributed by atoms with Crippen LogP contribution in [0.1, 0.15) is 19.3 Å². The normalized spacial score (nSPS) is 25.9. The SMILES string of the molecule is CO[C@H]1C[C@@H](C(=O)N2CCC(Oc3ncccc3F)CC2)N(C)C1. The van der Waals surface area contributed by atoms with E-state index in [2.05, 4.69) is 9.88 Å². The molecular weight excluding hydrogens is 313 g/mol. The lowest BCUT2D eigenvalue weighted by Gasteiger charge is -2.34.